The average molecular weight is 647 g/mol. The lowest BCUT2D eigenvalue weighted by Gasteiger charge is -2.27. The number of carbonyl (C=O) groups is 2. The molecule has 0 radical (unpaired) electrons. The standard InChI is InChI=1S/C36H46N4O5S/c1-23(2)46(43,44)37-34(41)25-11-13-28-31(19-25)40-22-36(35(42)39-16-8-15-38(3)17-18-39)21-30(36)29-20-26(45-4)12-14-27(29)33(40)32(28)24-9-6-5-7-10-24/h11-14,19-20,23-24,30H,5-10,15-18,21-22H2,1-4H3,(H,37,41). The highest BCUT2D eigenvalue weighted by atomic mass is 32.2. The highest BCUT2D eigenvalue weighted by Gasteiger charge is 2.63. The van der Waals surface area contributed by atoms with Crippen LogP contribution in [0, 0.1) is 5.41 Å². The van der Waals surface area contributed by atoms with Crippen molar-refractivity contribution in [3.63, 3.8) is 0 Å². The predicted octanol–water partition coefficient (Wildman–Crippen LogP) is 5.48. The summed E-state index contributed by atoms with van der Waals surface area (Å²) in [6, 6.07) is 11.9. The average Bonchev–Trinajstić information content (AvgIpc) is 3.76. The maximum Gasteiger partial charge on any atom is 0.264 e. The number of aromatic nitrogens is 1. The predicted molar refractivity (Wildman–Crippen MR) is 180 cm³/mol. The molecule has 7 rings (SSSR count). The SMILES string of the molecule is COc1ccc2c(c1)C1CC1(C(=O)N1CCCN(C)CC1)Cn1c-2c(C2CCCCC2)c2ccc(C(=O)NS(=O)(=O)C(C)C)cc21. The van der Waals surface area contributed by atoms with Crippen LogP contribution < -0.4 is 9.46 Å². The van der Waals surface area contributed by atoms with Gasteiger partial charge in [0, 0.05) is 54.1 Å². The Hall–Kier alpha value is -3.37. The summed E-state index contributed by atoms with van der Waals surface area (Å²) < 4.78 is 35.5. The van der Waals surface area contributed by atoms with Crippen molar-refractivity contribution in [1.29, 1.82) is 0 Å². The molecule has 2 aliphatic heterocycles. The monoisotopic (exact) mass is 646 g/mol. The summed E-state index contributed by atoms with van der Waals surface area (Å²) in [7, 11) is 0.0102. The molecule has 9 nitrogen and oxygen atoms in total. The first-order chi connectivity index (χ1) is 22.0. The van der Waals surface area contributed by atoms with Crippen molar-refractivity contribution >= 4 is 32.7 Å². The summed E-state index contributed by atoms with van der Waals surface area (Å²) in [6.45, 7) is 6.94. The number of likely N-dealkylation sites (N-methyl/N-ethyl adjacent to an activating group) is 1. The smallest absolute Gasteiger partial charge is 0.264 e. The molecular formula is C36H46N4O5S. The van der Waals surface area contributed by atoms with Crippen molar-refractivity contribution in [2.75, 3.05) is 40.3 Å². The van der Waals surface area contributed by atoms with Crippen molar-refractivity contribution in [2.45, 2.75) is 82.4 Å². The van der Waals surface area contributed by atoms with Crippen LogP contribution in [-0.4, -0.2) is 80.2 Å². The summed E-state index contributed by atoms with van der Waals surface area (Å²) in [6.07, 6.45) is 7.50. The fraction of sp³-hybridized carbons (Fsp3) is 0.556. The zero-order valence-corrected chi connectivity index (χ0v) is 28.3. The van der Waals surface area contributed by atoms with Crippen LogP contribution in [0.4, 0.5) is 0 Å². The van der Waals surface area contributed by atoms with Gasteiger partial charge in [0.1, 0.15) is 5.75 Å². The summed E-state index contributed by atoms with van der Waals surface area (Å²) in [5.74, 6) is 0.811. The molecule has 246 valence electrons. The van der Waals surface area contributed by atoms with E-state index in [-0.39, 0.29) is 11.8 Å². The van der Waals surface area contributed by atoms with Crippen molar-refractivity contribution in [2.24, 2.45) is 5.41 Å². The minimum atomic E-state index is -3.79. The molecule has 46 heavy (non-hydrogen) atoms. The molecule has 0 spiro atoms. The number of rotatable bonds is 6. The number of carbonyl (C=O) groups excluding carboxylic acids is 2. The third kappa shape index (κ3) is 5.21. The molecule has 3 heterocycles. The lowest BCUT2D eigenvalue weighted by molar-refractivity contribution is -0.137. The molecule has 3 fully saturated rings. The van der Waals surface area contributed by atoms with E-state index in [1.165, 1.54) is 30.4 Å². The van der Waals surface area contributed by atoms with E-state index in [9.17, 15) is 18.0 Å². The summed E-state index contributed by atoms with van der Waals surface area (Å²) >= 11 is 0. The largest absolute Gasteiger partial charge is 0.497 e. The van der Waals surface area contributed by atoms with Gasteiger partial charge in [0.15, 0.2) is 0 Å². The molecule has 2 amide bonds. The minimum Gasteiger partial charge on any atom is -0.497 e. The van der Waals surface area contributed by atoms with Gasteiger partial charge >= 0.3 is 0 Å². The number of hydrogen-bond donors (Lipinski definition) is 1. The number of sulfonamides is 1. The number of ether oxygens (including phenoxy) is 1. The van der Waals surface area contributed by atoms with Gasteiger partial charge in [-0.15, -0.1) is 0 Å². The van der Waals surface area contributed by atoms with Crippen LogP contribution in [0.2, 0.25) is 0 Å². The number of fused-ring (bicyclic) bond motifs is 7. The molecule has 2 saturated carbocycles. The Morgan fingerprint density at radius 1 is 0.978 bits per heavy atom. The Bertz CT molecular complexity index is 1810. The molecule has 10 heteroatoms. The molecule has 2 aliphatic carbocycles. The Labute approximate surface area is 272 Å². The van der Waals surface area contributed by atoms with Gasteiger partial charge in [-0.2, -0.15) is 0 Å². The third-order valence-electron chi connectivity index (χ3n) is 11.1. The number of hydrogen-bond acceptors (Lipinski definition) is 6. The minimum absolute atomic E-state index is 0.0721. The number of benzene rings is 2. The van der Waals surface area contributed by atoms with Crippen LogP contribution in [0.3, 0.4) is 0 Å². The summed E-state index contributed by atoms with van der Waals surface area (Å²) in [4.78, 5) is 32.4. The normalized spacial score (nSPS) is 23.7. The van der Waals surface area contributed by atoms with Gasteiger partial charge in [0.2, 0.25) is 15.9 Å². The number of amides is 2. The topological polar surface area (TPSA) is 101 Å². The van der Waals surface area contributed by atoms with Crippen LogP contribution in [0.5, 0.6) is 5.75 Å². The second kappa shape index (κ2) is 11.7. The van der Waals surface area contributed by atoms with E-state index in [1.807, 2.05) is 18.2 Å². The van der Waals surface area contributed by atoms with E-state index in [4.69, 9.17) is 4.74 Å². The zero-order chi connectivity index (χ0) is 32.4. The molecule has 2 aromatic carbocycles. The number of nitrogens with zero attached hydrogens (tertiary/aromatic N) is 3. The Morgan fingerprint density at radius 2 is 1.76 bits per heavy atom. The van der Waals surface area contributed by atoms with E-state index in [1.54, 1.807) is 27.0 Å². The Morgan fingerprint density at radius 3 is 2.50 bits per heavy atom. The molecule has 2 atom stereocenters. The van der Waals surface area contributed by atoms with Gasteiger partial charge in [0.25, 0.3) is 5.91 Å². The van der Waals surface area contributed by atoms with E-state index >= 15 is 0 Å². The maximum absolute atomic E-state index is 14.7. The van der Waals surface area contributed by atoms with Gasteiger partial charge in [-0.05, 0) is 100 Å². The fourth-order valence-electron chi connectivity index (χ4n) is 8.29. The van der Waals surface area contributed by atoms with Crippen molar-refractivity contribution in [3.05, 3.63) is 53.1 Å². The highest BCUT2D eigenvalue weighted by Crippen LogP contribution is 2.66. The van der Waals surface area contributed by atoms with Crippen molar-refractivity contribution in [3.8, 4) is 17.0 Å². The number of methoxy groups -OCH3 is 1. The maximum atomic E-state index is 14.7. The van der Waals surface area contributed by atoms with E-state index in [2.05, 4.69) is 38.3 Å². The fourth-order valence-corrected chi connectivity index (χ4v) is 8.90. The zero-order valence-electron chi connectivity index (χ0n) is 27.5. The highest BCUT2D eigenvalue weighted by molar-refractivity contribution is 7.90. The van der Waals surface area contributed by atoms with Gasteiger partial charge < -0.3 is 19.1 Å². The molecule has 1 N–H and O–H groups in total. The molecule has 2 unspecified atom stereocenters. The van der Waals surface area contributed by atoms with Crippen LogP contribution in [0.15, 0.2) is 36.4 Å². The second-order valence-corrected chi connectivity index (χ2v) is 16.5. The second-order valence-electron chi connectivity index (χ2n) is 14.3. The van der Waals surface area contributed by atoms with Crippen LogP contribution >= 0.6 is 0 Å². The molecule has 0 bridgehead atoms. The van der Waals surface area contributed by atoms with Crippen molar-refractivity contribution < 1.29 is 22.7 Å². The number of nitrogens with one attached hydrogen (secondary N) is 1. The lowest BCUT2D eigenvalue weighted by Crippen LogP contribution is -2.41. The van der Waals surface area contributed by atoms with Gasteiger partial charge in [-0.25, -0.2) is 13.1 Å². The van der Waals surface area contributed by atoms with Gasteiger partial charge in [-0.1, -0.05) is 25.3 Å². The van der Waals surface area contributed by atoms with E-state index in [0.717, 1.165) is 79.8 Å². The first kappa shape index (κ1) is 31.2. The Kier molecular flexibility index (Phi) is 7.95. The molecule has 3 aromatic rings. The molecular weight excluding hydrogens is 600 g/mol. The van der Waals surface area contributed by atoms with Crippen LogP contribution in [0.25, 0.3) is 22.2 Å². The quantitative estimate of drug-likeness (QED) is 0.381. The lowest BCUT2D eigenvalue weighted by atomic mass is 9.81. The van der Waals surface area contributed by atoms with E-state index < -0.39 is 26.6 Å². The first-order valence-corrected chi connectivity index (χ1v) is 18.5. The van der Waals surface area contributed by atoms with Crippen LogP contribution in [-0.2, 0) is 21.4 Å². The Balaban J connectivity index is 1.42. The third-order valence-corrected chi connectivity index (χ3v) is 12.8. The molecule has 1 saturated heterocycles. The van der Waals surface area contributed by atoms with E-state index in [0.29, 0.717) is 18.0 Å². The first-order valence-electron chi connectivity index (χ1n) is 16.9. The summed E-state index contributed by atoms with van der Waals surface area (Å²) in [5.41, 5.74) is 5.34. The molecule has 4 aliphatic rings. The van der Waals surface area contributed by atoms with Gasteiger partial charge in [-0.3, -0.25) is 9.59 Å². The van der Waals surface area contributed by atoms with Crippen LogP contribution in [0.1, 0.15) is 92.1 Å². The van der Waals surface area contributed by atoms with Crippen molar-refractivity contribution in [1.82, 2.24) is 19.1 Å². The molecule has 1 aromatic heterocycles. The summed E-state index contributed by atoms with van der Waals surface area (Å²) in [5, 5.41) is 0.359. The van der Waals surface area contributed by atoms with Gasteiger partial charge in [0.05, 0.1) is 23.5 Å².